The number of carbonyl (C=O) groups is 1. The molecule has 1 N–H and O–H groups in total. The molecule has 0 aliphatic carbocycles. The lowest BCUT2D eigenvalue weighted by Gasteiger charge is -2.29. The van der Waals surface area contributed by atoms with Crippen molar-refractivity contribution >= 4 is 17.5 Å². The van der Waals surface area contributed by atoms with Crippen LogP contribution >= 0.6 is 11.6 Å². The molecule has 176 valence electrons. The van der Waals surface area contributed by atoms with Crippen molar-refractivity contribution in [1.29, 1.82) is 0 Å². The number of nitrogens with zero attached hydrogens (tertiary/aromatic N) is 6. The number of pyridine rings is 2. The Balaban J connectivity index is 1.62. The molecule has 0 aliphatic rings. The van der Waals surface area contributed by atoms with Gasteiger partial charge in [0.25, 0.3) is 0 Å². The number of halogens is 2. The van der Waals surface area contributed by atoms with Gasteiger partial charge in [0.2, 0.25) is 11.7 Å². The van der Waals surface area contributed by atoms with Crippen molar-refractivity contribution in [2.24, 2.45) is 7.05 Å². The zero-order valence-electron chi connectivity index (χ0n) is 18.6. The lowest BCUT2D eigenvalue weighted by atomic mass is 9.80. The van der Waals surface area contributed by atoms with Gasteiger partial charge in [-0.3, -0.25) is 4.79 Å². The maximum Gasteiger partial charge on any atom is 0.316 e. The molecule has 0 fully saturated rings. The second-order valence-electron chi connectivity index (χ2n) is 7.57. The predicted octanol–water partition coefficient (Wildman–Crippen LogP) is 3.19. The average Bonchev–Trinajstić information content (AvgIpc) is 3.46. The number of aryl methyl sites for hydroxylation is 1. The van der Waals surface area contributed by atoms with Gasteiger partial charge in [-0.05, 0) is 38.1 Å². The predicted molar refractivity (Wildman–Crippen MR) is 120 cm³/mol. The van der Waals surface area contributed by atoms with Crippen LogP contribution in [0.2, 0.25) is 5.15 Å². The van der Waals surface area contributed by atoms with Gasteiger partial charge in [-0.15, -0.1) is 0 Å². The van der Waals surface area contributed by atoms with Crippen LogP contribution in [0.5, 0.6) is 5.88 Å². The van der Waals surface area contributed by atoms with Gasteiger partial charge < -0.3 is 14.6 Å². The number of hydrogen-bond donors (Lipinski definition) is 1. The van der Waals surface area contributed by atoms with Gasteiger partial charge >= 0.3 is 11.8 Å². The Morgan fingerprint density at radius 1 is 1.26 bits per heavy atom. The van der Waals surface area contributed by atoms with Gasteiger partial charge in [-0.2, -0.15) is 10.1 Å². The summed E-state index contributed by atoms with van der Waals surface area (Å²) in [5, 5.41) is 11.2. The zero-order valence-corrected chi connectivity index (χ0v) is 19.4. The SMILES string of the molecule is CCOc1c(C(C)(CNC(=O)c2nc(-c3ccc(F)cn3)no2)c2cccc(Cl)n2)cnn1C. The smallest absolute Gasteiger partial charge is 0.316 e. The van der Waals surface area contributed by atoms with Crippen LogP contribution < -0.4 is 10.1 Å². The molecule has 0 saturated heterocycles. The fraction of sp³-hybridized carbons (Fsp3) is 0.273. The van der Waals surface area contributed by atoms with Crippen molar-refractivity contribution in [1.82, 2.24) is 35.2 Å². The minimum atomic E-state index is -0.860. The largest absolute Gasteiger partial charge is 0.478 e. The zero-order chi connectivity index (χ0) is 24.3. The fourth-order valence-corrected chi connectivity index (χ4v) is 3.58. The minimum Gasteiger partial charge on any atom is -0.478 e. The van der Waals surface area contributed by atoms with Crippen LogP contribution in [0.25, 0.3) is 11.5 Å². The van der Waals surface area contributed by atoms with Crippen LogP contribution in [0.1, 0.15) is 35.8 Å². The molecule has 0 spiro atoms. The maximum absolute atomic E-state index is 13.1. The van der Waals surface area contributed by atoms with Gasteiger partial charge in [0.15, 0.2) is 0 Å². The molecule has 0 saturated carbocycles. The number of nitrogens with one attached hydrogen (secondary N) is 1. The summed E-state index contributed by atoms with van der Waals surface area (Å²) in [5.74, 6) is -0.755. The summed E-state index contributed by atoms with van der Waals surface area (Å²) < 4.78 is 25.6. The van der Waals surface area contributed by atoms with Crippen molar-refractivity contribution < 1.29 is 18.4 Å². The summed E-state index contributed by atoms with van der Waals surface area (Å²) in [4.78, 5) is 25.3. The molecule has 4 aromatic heterocycles. The number of amides is 1. The Morgan fingerprint density at radius 2 is 2.09 bits per heavy atom. The molecule has 4 heterocycles. The first-order valence-corrected chi connectivity index (χ1v) is 10.7. The first-order chi connectivity index (χ1) is 16.3. The third-order valence-corrected chi connectivity index (χ3v) is 5.43. The molecule has 0 aliphatic heterocycles. The van der Waals surface area contributed by atoms with E-state index in [-0.39, 0.29) is 24.0 Å². The second kappa shape index (κ2) is 9.56. The Kier molecular flexibility index (Phi) is 6.55. The van der Waals surface area contributed by atoms with Crippen LogP contribution in [0, 0.1) is 5.82 Å². The molecule has 4 rings (SSSR count). The van der Waals surface area contributed by atoms with E-state index in [0.717, 1.165) is 6.20 Å². The van der Waals surface area contributed by atoms with Crippen molar-refractivity contribution in [2.75, 3.05) is 13.2 Å². The number of rotatable bonds is 8. The van der Waals surface area contributed by atoms with Gasteiger partial charge in [0.05, 0.1) is 30.1 Å². The molecule has 1 amide bonds. The first kappa shape index (κ1) is 23.3. The van der Waals surface area contributed by atoms with E-state index in [0.29, 0.717) is 28.9 Å². The maximum atomic E-state index is 13.1. The molecule has 4 aromatic rings. The normalized spacial score (nSPS) is 12.9. The van der Waals surface area contributed by atoms with E-state index in [4.69, 9.17) is 20.9 Å². The van der Waals surface area contributed by atoms with E-state index in [1.807, 2.05) is 19.9 Å². The first-order valence-electron chi connectivity index (χ1n) is 10.3. The van der Waals surface area contributed by atoms with Gasteiger partial charge in [-0.1, -0.05) is 22.8 Å². The fourth-order valence-electron chi connectivity index (χ4n) is 3.41. The molecule has 34 heavy (non-hydrogen) atoms. The van der Waals surface area contributed by atoms with E-state index >= 15 is 0 Å². The summed E-state index contributed by atoms with van der Waals surface area (Å²) in [5.41, 5.74) is 0.735. The standard InChI is InChI=1S/C22H21ClFN7O3/c1-4-33-21-14(11-27-31(21)3)22(2,16-6-5-7-17(23)28-16)12-26-19(32)20-29-18(30-34-20)15-9-8-13(24)10-25-15/h5-11H,4,12H2,1-3H3,(H,26,32). The molecule has 0 aromatic carbocycles. The highest BCUT2D eigenvalue weighted by Crippen LogP contribution is 2.36. The van der Waals surface area contributed by atoms with E-state index in [9.17, 15) is 9.18 Å². The second-order valence-corrected chi connectivity index (χ2v) is 7.95. The third-order valence-electron chi connectivity index (χ3n) is 5.22. The van der Waals surface area contributed by atoms with Crippen LogP contribution in [-0.2, 0) is 12.5 Å². The van der Waals surface area contributed by atoms with Crippen molar-refractivity contribution in [3.63, 3.8) is 0 Å². The summed E-state index contributed by atoms with van der Waals surface area (Å²) in [7, 11) is 1.77. The van der Waals surface area contributed by atoms with Crippen molar-refractivity contribution in [3.8, 4) is 17.4 Å². The van der Waals surface area contributed by atoms with E-state index in [1.165, 1.54) is 12.1 Å². The lowest BCUT2D eigenvalue weighted by Crippen LogP contribution is -2.40. The molecule has 0 bridgehead atoms. The number of hydrogen-bond acceptors (Lipinski definition) is 8. The summed E-state index contributed by atoms with van der Waals surface area (Å²) >= 11 is 6.16. The van der Waals surface area contributed by atoms with Crippen molar-refractivity contribution in [3.05, 3.63) is 70.8 Å². The Hall–Kier alpha value is -3.86. The molecule has 0 radical (unpaired) electrons. The van der Waals surface area contributed by atoms with E-state index < -0.39 is 17.1 Å². The highest BCUT2D eigenvalue weighted by Gasteiger charge is 2.37. The number of ether oxygens (including phenoxy) is 1. The van der Waals surface area contributed by atoms with Crippen LogP contribution in [0.15, 0.2) is 47.2 Å². The molecule has 1 atom stereocenters. The van der Waals surface area contributed by atoms with E-state index in [2.05, 4.69) is 30.5 Å². The van der Waals surface area contributed by atoms with Gasteiger partial charge in [0, 0.05) is 19.2 Å². The Morgan fingerprint density at radius 3 is 2.79 bits per heavy atom. The molecular formula is C22H21ClFN7O3. The van der Waals surface area contributed by atoms with Crippen LogP contribution in [0.3, 0.4) is 0 Å². The third kappa shape index (κ3) is 4.60. The Bertz CT molecular complexity index is 1310. The summed E-state index contributed by atoms with van der Waals surface area (Å²) in [6.07, 6.45) is 2.70. The minimum absolute atomic E-state index is 0.0651. The average molecular weight is 486 g/mol. The summed E-state index contributed by atoms with van der Waals surface area (Å²) in [6.45, 7) is 4.29. The molecular weight excluding hydrogens is 465 g/mol. The number of aromatic nitrogens is 6. The van der Waals surface area contributed by atoms with Gasteiger partial charge in [0.1, 0.15) is 16.7 Å². The highest BCUT2D eigenvalue weighted by atomic mass is 35.5. The monoisotopic (exact) mass is 485 g/mol. The highest BCUT2D eigenvalue weighted by molar-refractivity contribution is 6.29. The van der Waals surface area contributed by atoms with E-state index in [1.54, 1.807) is 30.1 Å². The van der Waals surface area contributed by atoms with Crippen molar-refractivity contribution in [2.45, 2.75) is 19.3 Å². The van der Waals surface area contributed by atoms with Gasteiger partial charge in [-0.25, -0.2) is 19.0 Å². The molecule has 1 unspecified atom stereocenters. The Labute approximate surface area is 199 Å². The summed E-state index contributed by atoms with van der Waals surface area (Å²) in [6, 6.07) is 7.86. The quantitative estimate of drug-likeness (QED) is 0.378. The molecule has 10 nitrogen and oxygen atoms in total. The topological polar surface area (TPSA) is 121 Å². The van der Waals surface area contributed by atoms with Crippen LogP contribution in [-0.4, -0.2) is 48.9 Å². The van der Waals surface area contributed by atoms with Crippen LogP contribution in [0.4, 0.5) is 4.39 Å². The lowest BCUT2D eigenvalue weighted by molar-refractivity contribution is 0.0902. The molecule has 12 heteroatoms. The number of carbonyl (C=O) groups excluding carboxylic acids is 1.